The first-order valence-corrected chi connectivity index (χ1v) is 11.9. The molecule has 2 amide bonds. The molecule has 1 aliphatic rings. The molecule has 0 unspecified atom stereocenters. The summed E-state index contributed by atoms with van der Waals surface area (Å²) in [6.07, 6.45) is -0.418. The molecular formula is C27H35N3O5. The Bertz CT molecular complexity index is 998. The third-order valence-corrected chi connectivity index (χ3v) is 6.30. The molecule has 2 N–H and O–H groups in total. The summed E-state index contributed by atoms with van der Waals surface area (Å²) >= 11 is 0. The van der Waals surface area contributed by atoms with Crippen LogP contribution in [0.25, 0.3) is 0 Å². The second kappa shape index (κ2) is 12.0. The number of aliphatic hydroxyl groups is 1. The lowest BCUT2D eigenvalue weighted by Crippen LogP contribution is -2.55. The molecule has 8 nitrogen and oxygen atoms in total. The standard InChI is InChI=1S/C27H35N3O5/c1-18(2)15-22-26(33)30(17-29(22)3)23(24(31)20-13-9-6-10-14-20)25(32)28-21(27(34)35-4)16-19-11-7-5-8-12-19/h5-14,18,21-24,31H,15-17H2,1-4H3,(H,28,32)/t21-,22-,23-,24+/m0/s1. The number of benzene rings is 2. The van der Waals surface area contributed by atoms with E-state index in [-0.39, 0.29) is 31.0 Å². The van der Waals surface area contributed by atoms with E-state index in [1.807, 2.05) is 62.2 Å². The summed E-state index contributed by atoms with van der Waals surface area (Å²) in [6.45, 7) is 4.27. The fourth-order valence-electron chi connectivity index (χ4n) is 4.47. The fraction of sp³-hybridized carbons (Fsp3) is 0.444. The Hall–Kier alpha value is -3.23. The van der Waals surface area contributed by atoms with Gasteiger partial charge in [-0.05, 0) is 30.5 Å². The number of aliphatic hydroxyl groups excluding tert-OH is 1. The Morgan fingerprint density at radius 1 is 1.09 bits per heavy atom. The minimum absolute atomic E-state index is 0.194. The van der Waals surface area contributed by atoms with Gasteiger partial charge >= 0.3 is 5.97 Å². The maximum absolute atomic E-state index is 13.7. The van der Waals surface area contributed by atoms with Crippen LogP contribution in [0.1, 0.15) is 37.5 Å². The van der Waals surface area contributed by atoms with E-state index in [0.29, 0.717) is 12.0 Å². The number of nitrogens with zero attached hydrogens (tertiary/aromatic N) is 2. The van der Waals surface area contributed by atoms with Crippen LogP contribution in [0.4, 0.5) is 0 Å². The van der Waals surface area contributed by atoms with Crippen molar-refractivity contribution in [3.63, 3.8) is 0 Å². The first-order valence-electron chi connectivity index (χ1n) is 11.9. The Morgan fingerprint density at radius 3 is 2.26 bits per heavy atom. The molecule has 0 saturated carbocycles. The number of carbonyl (C=O) groups excluding carboxylic acids is 3. The molecule has 188 valence electrons. The highest BCUT2D eigenvalue weighted by atomic mass is 16.5. The van der Waals surface area contributed by atoms with Gasteiger partial charge in [0.05, 0.1) is 19.8 Å². The number of carbonyl (C=O) groups is 3. The summed E-state index contributed by atoms with van der Waals surface area (Å²) in [5, 5.41) is 14.0. The lowest BCUT2D eigenvalue weighted by Gasteiger charge is -2.32. The van der Waals surface area contributed by atoms with E-state index in [9.17, 15) is 19.5 Å². The highest BCUT2D eigenvalue weighted by Gasteiger charge is 2.45. The summed E-state index contributed by atoms with van der Waals surface area (Å²) in [5.41, 5.74) is 1.35. The van der Waals surface area contributed by atoms with Gasteiger partial charge in [0.15, 0.2) is 0 Å². The zero-order valence-electron chi connectivity index (χ0n) is 20.8. The second-order valence-corrected chi connectivity index (χ2v) is 9.43. The first kappa shape index (κ1) is 26.4. The molecule has 3 rings (SSSR count). The lowest BCUT2D eigenvalue weighted by molar-refractivity contribution is -0.148. The molecule has 2 aromatic carbocycles. The van der Waals surface area contributed by atoms with Crippen LogP contribution in [0.5, 0.6) is 0 Å². The van der Waals surface area contributed by atoms with Gasteiger partial charge in [0, 0.05) is 6.42 Å². The van der Waals surface area contributed by atoms with Crippen molar-refractivity contribution in [1.29, 1.82) is 0 Å². The highest BCUT2D eigenvalue weighted by Crippen LogP contribution is 2.28. The van der Waals surface area contributed by atoms with Crippen LogP contribution in [0.15, 0.2) is 60.7 Å². The number of hydrogen-bond acceptors (Lipinski definition) is 6. The predicted octanol–water partition coefficient (Wildman–Crippen LogP) is 2.14. The van der Waals surface area contributed by atoms with Crippen LogP contribution in [0.3, 0.4) is 0 Å². The SMILES string of the molecule is COC(=O)[C@H](Cc1ccccc1)NC(=O)[C@H]([C@H](O)c1ccccc1)N1CN(C)[C@@H](CC(C)C)C1=O. The van der Waals surface area contributed by atoms with Crippen LogP contribution in [-0.4, -0.2) is 71.6 Å². The number of ether oxygens (including phenoxy) is 1. The Balaban J connectivity index is 1.91. The number of esters is 1. The van der Waals surface area contributed by atoms with E-state index < -0.39 is 30.1 Å². The van der Waals surface area contributed by atoms with Crippen molar-refractivity contribution in [2.24, 2.45) is 5.92 Å². The normalized spacial score (nSPS) is 18.9. The first-order chi connectivity index (χ1) is 16.7. The van der Waals surface area contributed by atoms with Gasteiger partial charge in [0.1, 0.15) is 18.2 Å². The number of hydrogen-bond donors (Lipinski definition) is 2. The average Bonchev–Trinajstić information content (AvgIpc) is 3.12. The Morgan fingerprint density at radius 2 is 1.69 bits per heavy atom. The van der Waals surface area contributed by atoms with Gasteiger partial charge in [-0.3, -0.25) is 14.5 Å². The maximum atomic E-state index is 13.7. The van der Waals surface area contributed by atoms with Gasteiger partial charge in [-0.25, -0.2) is 4.79 Å². The summed E-state index contributed by atoms with van der Waals surface area (Å²) in [5.74, 6) is -1.14. The molecule has 35 heavy (non-hydrogen) atoms. The largest absolute Gasteiger partial charge is 0.467 e. The van der Waals surface area contributed by atoms with E-state index in [1.165, 1.54) is 12.0 Å². The van der Waals surface area contributed by atoms with Crippen molar-refractivity contribution < 1.29 is 24.2 Å². The van der Waals surface area contributed by atoms with Crippen LogP contribution in [-0.2, 0) is 25.5 Å². The van der Waals surface area contributed by atoms with Crippen molar-refractivity contribution in [2.75, 3.05) is 20.8 Å². The van der Waals surface area contributed by atoms with Crippen molar-refractivity contribution >= 4 is 17.8 Å². The second-order valence-electron chi connectivity index (χ2n) is 9.43. The van der Waals surface area contributed by atoms with Gasteiger partial charge in [0.25, 0.3) is 0 Å². The molecule has 8 heteroatoms. The smallest absolute Gasteiger partial charge is 0.328 e. The van der Waals surface area contributed by atoms with Crippen molar-refractivity contribution in [1.82, 2.24) is 15.1 Å². The van der Waals surface area contributed by atoms with E-state index in [4.69, 9.17) is 4.74 Å². The number of amides is 2. The number of rotatable bonds is 10. The summed E-state index contributed by atoms with van der Waals surface area (Å²) in [7, 11) is 3.10. The molecule has 1 fully saturated rings. The summed E-state index contributed by atoms with van der Waals surface area (Å²) < 4.78 is 4.93. The molecule has 0 radical (unpaired) electrons. The third-order valence-electron chi connectivity index (χ3n) is 6.30. The fourth-order valence-corrected chi connectivity index (χ4v) is 4.47. The van der Waals surface area contributed by atoms with Gasteiger partial charge in [-0.15, -0.1) is 0 Å². The molecule has 0 aromatic heterocycles. The quantitative estimate of drug-likeness (QED) is 0.505. The molecule has 0 aliphatic carbocycles. The van der Waals surface area contributed by atoms with Crippen molar-refractivity contribution in [3.05, 3.63) is 71.8 Å². The molecule has 1 aliphatic heterocycles. The van der Waals surface area contributed by atoms with Crippen molar-refractivity contribution in [3.8, 4) is 0 Å². The molecule has 1 saturated heterocycles. The highest BCUT2D eigenvalue weighted by molar-refractivity contribution is 5.93. The predicted molar refractivity (Wildman–Crippen MR) is 132 cm³/mol. The summed E-state index contributed by atoms with van der Waals surface area (Å²) in [6, 6.07) is 15.5. The zero-order chi connectivity index (χ0) is 25.5. The number of nitrogens with one attached hydrogen (secondary N) is 1. The average molecular weight is 482 g/mol. The molecule has 1 heterocycles. The van der Waals surface area contributed by atoms with Crippen molar-refractivity contribution in [2.45, 2.75) is 50.9 Å². The van der Waals surface area contributed by atoms with Gasteiger partial charge in [-0.2, -0.15) is 0 Å². The van der Waals surface area contributed by atoms with Crippen LogP contribution < -0.4 is 5.32 Å². The number of likely N-dealkylation sites (N-methyl/N-ethyl adjacent to an activating group) is 1. The molecule has 2 aromatic rings. The molecular weight excluding hydrogens is 446 g/mol. The van der Waals surface area contributed by atoms with E-state index in [0.717, 1.165) is 5.56 Å². The lowest BCUT2D eigenvalue weighted by atomic mass is 9.98. The number of methoxy groups -OCH3 is 1. The van der Waals surface area contributed by atoms with Gasteiger partial charge in [-0.1, -0.05) is 74.5 Å². The van der Waals surface area contributed by atoms with Crippen LogP contribution in [0.2, 0.25) is 0 Å². The molecule has 0 spiro atoms. The minimum Gasteiger partial charge on any atom is -0.467 e. The van der Waals surface area contributed by atoms with E-state index in [1.54, 1.807) is 24.3 Å². The zero-order valence-corrected chi connectivity index (χ0v) is 20.8. The van der Waals surface area contributed by atoms with Gasteiger partial charge in [0.2, 0.25) is 11.8 Å². The molecule has 0 bridgehead atoms. The Labute approximate surface area is 206 Å². The van der Waals surface area contributed by atoms with E-state index >= 15 is 0 Å². The third kappa shape index (κ3) is 6.46. The minimum atomic E-state index is -1.28. The maximum Gasteiger partial charge on any atom is 0.328 e. The van der Waals surface area contributed by atoms with E-state index in [2.05, 4.69) is 5.32 Å². The molecule has 4 atom stereocenters. The Kier molecular flexibility index (Phi) is 9.01. The monoisotopic (exact) mass is 481 g/mol. The van der Waals surface area contributed by atoms with Crippen LogP contribution in [0, 0.1) is 5.92 Å². The summed E-state index contributed by atoms with van der Waals surface area (Å²) in [4.78, 5) is 42.9. The topological polar surface area (TPSA) is 99.2 Å². The van der Waals surface area contributed by atoms with Gasteiger partial charge < -0.3 is 20.1 Å². The van der Waals surface area contributed by atoms with Crippen LogP contribution >= 0.6 is 0 Å².